The van der Waals surface area contributed by atoms with E-state index in [2.05, 4.69) is 57.0 Å². The van der Waals surface area contributed by atoms with Crippen molar-refractivity contribution in [1.29, 1.82) is 0 Å². The van der Waals surface area contributed by atoms with Gasteiger partial charge in [0.05, 0.1) is 6.10 Å². The molecule has 4 rings (SSSR count). The molecule has 1 saturated carbocycles. The second-order valence-electron chi connectivity index (χ2n) is 7.24. The van der Waals surface area contributed by atoms with Crippen molar-refractivity contribution in [3.05, 3.63) is 47.9 Å². The number of aliphatic hydroxyl groups is 1. The van der Waals surface area contributed by atoms with Crippen molar-refractivity contribution in [3.63, 3.8) is 0 Å². The van der Waals surface area contributed by atoms with Crippen LogP contribution >= 0.6 is 0 Å². The van der Waals surface area contributed by atoms with Crippen LogP contribution in [0.25, 0.3) is 0 Å². The lowest BCUT2D eigenvalue weighted by Crippen LogP contribution is -2.32. The smallest absolute Gasteiger partial charge is 0.132 e. The average Bonchev–Trinajstić information content (AvgIpc) is 2.86. The summed E-state index contributed by atoms with van der Waals surface area (Å²) in [5, 5.41) is 9.54. The zero-order valence-electron chi connectivity index (χ0n) is 14.8. The molecule has 25 heavy (non-hydrogen) atoms. The van der Waals surface area contributed by atoms with E-state index in [9.17, 15) is 5.11 Å². The molecule has 2 aromatic rings. The van der Waals surface area contributed by atoms with Gasteiger partial charge in [0.15, 0.2) is 0 Å². The Morgan fingerprint density at radius 2 is 1.76 bits per heavy atom. The molecule has 1 aromatic carbocycles. The van der Waals surface area contributed by atoms with Gasteiger partial charge in [-0.3, -0.25) is 0 Å². The predicted molar refractivity (Wildman–Crippen MR) is 100 cm³/mol. The number of benzene rings is 1. The van der Waals surface area contributed by atoms with Gasteiger partial charge in [-0.1, -0.05) is 18.2 Å². The second-order valence-corrected chi connectivity index (χ2v) is 7.24. The quantitative estimate of drug-likeness (QED) is 0.933. The van der Waals surface area contributed by atoms with Crippen LogP contribution in [0.5, 0.6) is 0 Å². The first kappa shape index (κ1) is 16.3. The third-order valence-corrected chi connectivity index (χ3v) is 5.48. The molecule has 2 aliphatic rings. The van der Waals surface area contributed by atoms with Crippen LogP contribution in [-0.4, -0.2) is 47.4 Å². The standard InChI is InChI=1S/C20H26N4O/c1-15-5-2-3-6-19(15)23-7-4-8-24(10-9-23)20-13-18(21-14-22-20)16-11-17(25)12-16/h2-3,5-6,13-14,16-17,25H,4,7-12H2,1H3. The minimum absolute atomic E-state index is 0.149. The lowest BCUT2D eigenvalue weighted by Gasteiger charge is -2.31. The highest BCUT2D eigenvalue weighted by atomic mass is 16.3. The summed E-state index contributed by atoms with van der Waals surface area (Å²) in [5.41, 5.74) is 3.76. The molecular weight excluding hydrogens is 312 g/mol. The first-order chi connectivity index (χ1) is 12.2. The summed E-state index contributed by atoms with van der Waals surface area (Å²) >= 11 is 0. The maximum absolute atomic E-state index is 9.54. The lowest BCUT2D eigenvalue weighted by molar-refractivity contribution is 0.0732. The molecule has 0 unspecified atom stereocenters. The molecule has 0 bridgehead atoms. The highest BCUT2D eigenvalue weighted by Gasteiger charge is 2.30. The zero-order valence-corrected chi connectivity index (χ0v) is 14.8. The Hall–Kier alpha value is -2.14. The summed E-state index contributed by atoms with van der Waals surface area (Å²) in [6, 6.07) is 10.7. The fraction of sp³-hybridized carbons (Fsp3) is 0.500. The van der Waals surface area contributed by atoms with Gasteiger partial charge >= 0.3 is 0 Å². The van der Waals surface area contributed by atoms with E-state index in [-0.39, 0.29) is 6.10 Å². The van der Waals surface area contributed by atoms with Crippen LogP contribution < -0.4 is 9.80 Å². The van der Waals surface area contributed by atoms with Gasteiger partial charge in [-0.2, -0.15) is 0 Å². The number of hydrogen-bond acceptors (Lipinski definition) is 5. The highest BCUT2D eigenvalue weighted by molar-refractivity contribution is 5.53. The first-order valence-electron chi connectivity index (χ1n) is 9.26. The van der Waals surface area contributed by atoms with Crippen molar-refractivity contribution in [3.8, 4) is 0 Å². The van der Waals surface area contributed by atoms with Crippen LogP contribution in [0.4, 0.5) is 11.5 Å². The first-order valence-corrected chi connectivity index (χ1v) is 9.26. The molecule has 1 aliphatic heterocycles. The van der Waals surface area contributed by atoms with Crippen LogP contribution in [0.2, 0.25) is 0 Å². The normalized spacial score (nSPS) is 23.9. The maximum Gasteiger partial charge on any atom is 0.132 e. The summed E-state index contributed by atoms with van der Waals surface area (Å²) in [6.45, 7) is 6.26. The third kappa shape index (κ3) is 3.47. The molecule has 0 radical (unpaired) electrons. The van der Waals surface area contributed by atoms with Gasteiger partial charge in [-0.25, -0.2) is 9.97 Å². The van der Waals surface area contributed by atoms with Crippen LogP contribution in [-0.2, 0) is 0 Å². The van der Waals surface area contributed by atoms with Gasteiger partial charge in [-0.15, -0.1) is 0 Å². The molecule has 1 aliphatic carbocycles. The van der Waals surface area contributed by atoms with Crippen LogP contribution in [0.1, 0.15) is 36.4 Å². The van der Waals surface area contributed by atoms with E-state index in [1.807, 2.05) is 0 Å². The van der Waals surface area contributed by atoms with E-state index in [4.69, 9.17) is 0 Å². The molecule has 2 fully saturated rings. The number of para-hydroxylation sites is 1. The second kappa shape index (κ2) is 7.00. The number of aryl methyl sites for hydroxylation is 1. The SMILES string of the molecule is Cc1ccccc1N1CCCN(c2cc(C3CC(O)C3)ncn2)CC1. The third-order valence-electron chi connectivity index (χ3n) is 5.48. The number of aromatic nitrogens is 2. The zero-order chi connectivity index (χ0) is 17.2. The minimum Gasteiger partial charge on any atom is -0.393 e. The maximum atomic E-state index is 9.54. The molecule has 1 N–H and O–H groups in total. The van der Waals surface area contributed by atoms with Gasteiger partial charge in [0.1, 0.15) is 12.1 Å². The summed E-state index contributed by atoms with van der Waals surface area (Å²) in [5.74, 6) is 1.42. The van der Waals surface area contributed by atoms with Crippen molar-refractivity contribution >= 4 is 11.5 Å². The molecule has 5 nitrogen and oxygen atoms in total. The number of anilines is 2. The van der Waals surface area contributed by atoms with Crippen LogP contribution in [0.3, 0.4) is 0 Å². The molecule has 132 valence electrons. The average molecular weight is 338 g/mol. The largest absolute Gasteiger partial charge is 0.393 e. The van der Waals surface area contributed by atoms with Crippen molar-refractivity contribution in [1.82, 2.24) is 9.97 Å². The van der Waals surface area contributed by atoms with Gasteiger partial charge in [-0.05, 0) is 37.8 Å². The number of hydrogen-bond donors (Lipinski definition) is 1. The molecule has 5 heteroatoms. The van der Waals surface area contributed by atoms with E-state index >= 15 is 0 Å². The minimum atomic E-state index is -0.149. The van der Waals surface area contributed by atoms with E-state index in [1.54, 1.807) is 6.33 Å². The van der Waals surface area contributed by atoms with Gasteiger partial charge in [0.2, 0.25) is 0 Å². The fourth-order valence-electron chi connectivity index (χ4n) is 3.89. The van der Waals surface area contributed by atoms with Crippen molar-refractivity contribution in [2.24, 2.45) is 0 Å². The van der Waals surface area contributed by atoms with E-state index in [0.29, 0.717) is 5.92 Å². The Labute approximate surface area is 149 Å². The van der Waals surface area contributed by atoms with E-state index in [0.717, 1.165) is 57.0 Å². The van der Waals surface area contributed by atoms with E-state index < -0.39 is 0 Å². The number of aliphatic hydroxyl groups excluding tert-OH is 1. The summed E-state index contributed by atoms with van der Waals surface area (Å²) in [7, 11) is 0. The molecule has 2 heterocycles. The Morgan fingerprint density at radius 1 is 1.00 bits per heavy atom. The van der Waals surface area contributed by atoms with Gasteiger partial charge in [0.25, 0.3) is 0 Å². The molecule has 0 spiro atoms. The summed E-state index contributed by atoms with van der Waals surface area (Å²) < 4.78 is 0. The molecule has 1 aromatic heterocycles. The monoisotopic (exact) mass is 338 g/mol. The van der Waals surface area contributed by atoms with Crippen LogP contribution in [0.15, 0.2) is 36.7 Å². The molecule has 1 saturated heterocycles. The Kier molecular flexibility index (Phi) is 4.57. The van der Waals surface area contributed by atoms with Crippen molar-refractivity contribution in [2.45, 2.75) is 38.2 Å². The number of nitrogens with zero attached hydrogens (tertiary/aromatic N) is 4. The predicted octanol–water partition coefficient (Wildman–Crippen LogP) is 2.74. The molecule has 0 atom stereocenters. The fourth-order valence-corrected chi connectivity index (χ4v) is 3.89. The van der Waals surface area contributed by atoms with E-state index in [1.165, 1.54) is 11.3 Å². The Bertz CT molecular complexity index is 729. The van der Waals surface area contributed by atoms with Gasteiger partial charge < -0.3 is 14.9 Å². The van der Waals surface area contributed by atoms with Gasteiger partial charge in [0, 0.05) is 49.5 Å². The molecular formula is C20H26N4O. The number of rotatable bonds is 3. The van der Waals surface area contributed by atoms with Crippen molar-refractivity contribution < 1.29 is 5.11 Å². The highest BCUT2D eigenvalue weighted by Crippen LogP contribution is 2.36. The lowest BCUT2D eigenvalue weighted by atomic mass is 9.80. The topological polar surface area (TPSA) is 52.5 Å². The Morgan fingerprint density at radius 3 is 2.56 bits per heavy atom. The summed E-state index contributed by atoms with van der Waals surface area (Å²) in [6.07, 6.45) is 4.31. The Balaban J connectivity index is 1.46. The summed E-state index contributed by atoms with van der Waals surface area (Å²) in [4.78, 5) is 13.8. The van der Waals surface area contributed by atoms with Crippen LogP contribution in [0, 0.1) is 6.92 Å². The van der Waals surface area contributed by atoms with Crippen molar-refractivity contribution in [2.75, 3.05) is 36.0 Å². The molecule has 0 amide bonds.